The molecular weight excluding hydrogens is 619 g/mol. The molecule has 0 bridgehead atoms. The zero-order valence-corrected chi connectivity index (χ0v) is 29.2. The molecule has 7 aromatic rings. The number of allylic oxidation sites excluding steroid dienone is 10. The van der Waals surface area contributed by atoms with Gasteiger partial charge < -0.3 is 8.98 Å². The smallest absolute Gasteiger partial charge is 0.135 e. The molecule has 5 aromatic carbocycles. The molecule has 0 atom stereocenters. The van der Waals surface area contributed by atoms with Gasteiger partial charge in [0.15, 0.2) is 0 Å². The van der Waals surface area contributed by atoms with Crippen LogP contribution >= 0.6 is 0 Å². The Morgan fingerprint density at radius 1 is 0.706 bits per heavy atom. The summed E-state index contributed by atoms with van der Waals surface area (Å²) in [7, 11) is 0. The Bertz CT molecular complexity index is 2680. The van der Waals surface area contributed by atoms with Gasteiger partial charge in [0, 0.05) is 27.3 Å². The summed E-state index contributed by atoms with van der Waals surface area (Å²) in [6.07, 6.45) is 13.0. The van der Waals surface area contributed by atoms with E-state index in [4.69, 9.17) is 4.42 Å². The first kappa shape index (κ1) is 31.9. The van der Waals surface area contributed by atoms with Gasteiger partial charge in [-0.05, 0) is 107 Å². The number of hydrogen-bond acceptors (Lipinski definition) is 1. The highest BCUT2D eigenvalue weighted by molar-refractivity contribution is 6.11. The molecule has 51 heavy (non-hydrogen) atoms. The summed E-state index contributed by atoms with van der Waals surface area (Å²) < 4.78 is 8.86. The molecule has 0 radical (unpaired) electrons. The predicted molar refractivity (Wildman–Crippen MR) is 220 cm³/mol. The van der Waals surface area contributed by atoms with Crippen LogP contribution in [0.5, 0.6) is 0 Å². The van der Waals surface area contributed by atoms with Crippen LogP contribution in [0.2, 0.25) is 0 Å². The van der Waals surface area contributed by atoms with Crippen LogP contribution in [0.4, 0.5) is 0 Å². The van der Waals surface area contributed by atoms with Gasteiger partial charge in [-0.2, -0.15) is 0 Å². The molecule has 0 aliphatic heterocycles. The molecule has 8 rings (SSSR count). The lowest BCUT2D eigenvalue weighted by Crippen LogP contribution is -2.03. The SMILES string of the molecule is C=C/C1=C(\C=C)c2cc(-c3ccc4c(C)c(C(=C)C)oc4c3)c(-n3c4ccccc4c4cc(-c5ccccc5)ccc43)cc2C(=C)/C=C\C=C/C1. The molecule has 2 nitrogen and oxygen atoms in total. The highest BCUT2D eigenvalue weighted by atomic mass is 16.3. The van der Waals surface area contributed by atoms with Gasteiger partial charge in [0.2, 0.25) is 0 Å². The zero-order chi connectivity index (χ0) is 35.2. The number of furan rings is 1. The third-order valence-electron chi connectivity index (χ3n) is 10.1. The molecule has 1 aliphatic carbocycles. The minimum Gasteiger partial charge on any atom is -0.456 e. The van der Waals surface area contributed by atoms with Crippen LogP contribution in [0.3, 0.4) is 0 Å². The summed E-state index contributed by atoms with van der Waals surface area (Å²) in [5.74, 6) is 0.841. The van der Waals surface area contributed by atoms with Crippen LogP contribution in [-0.2, 0) is 0 Å². The first-order valence-electron chi connectivity index (χ1n) is 17.3. The maximum absolute atomic E-state index is 6.45. The van der Waals surface area contributed by atoms with Gasteiger partial charge >= 0.3 is 0 Å². The van der Waals surface area contributed by atoms with Gasteiger partial charge in [-0.15, -0.1) is 0 Å². The Hall–Kier alpha value is -6.38. The molecule has 0 spiro atoms. The summed E-state index contributed by atoms with van der Waals surface area (Å²) in [5, 5.41) is 3.49. The first-order chi connectivity index (χ1) is 24.9. The van der Waals surface area contributed by atoms with Crippen LogP contribution in [0.1, 0.15) is 35.8 Å². The molecule has 0 saturated heterocycles. The van der Waals surface area contributed by atoms with Gasteiger partial charge in [0.25, 0.3) is 0 Å². The van der Waals surface area contributed by atoms with E-state index in [2.05, 4.69) is 165 Å². The second-order valence-corrected chi connectivity index (χ2v) is 13.3. The van der Waals surface area contributed by atoms with Crippen molar-refractivity contribution >= 4 is 49.5 Å². The zero-order valence-electron chi connectivity index (χ0n) is 29.2. The number of para-hydroxylation sites is 1. The van der Waals surface area contributed by atoms with Gasteiger partial charge in [-0.3, -0.25) is 0 Å². The van der Waals surface area contributed by atoms with Crippen LogP contribution in [0.15, 0.2) is 176 Å². The van der Waals surface area contributed by atoms with Gasteiger partial charge in [0.1, 0.15) is 11.3 Å². The Morgan fingerprint density at radius 2 is 1.47 bits per heavy atom. The second-order valence-electron chi connectivity index (χ2n) is 13.3. The van der Waals surface area contributed by atoms with Crippen molar-refractivity contribution in [3.05, 3.63) is 194 Å². The van der Waals surface area contributed by atoms with Crippen molar-refractivity contribution in [2.75, 3.05) is 0 Å². The van der Waals surface area contributed by atoms with E-state index < -0.39 is 0 Å². The van der Waals surface area contributed by atoms with Crippen LogP contribution in [0, 0.1) is 6.92 Å². The number of fused-ring (bicyclic) bond motifs is 5. The molecule has 2 aromatic heterocycles. The van der Waals surface area contributed by atoms with E-state index >= 15 is 0 Å². The minimum atomic E-state index is 0.746. The third-order valence-corrected chi connectivity index (χ3v) is 10.1. The first-order valence-corrected chi connectivity index (χ1v) is 17.3. The lowest BCUT2D eigenvalue weighted by atomic mass is 9.86. The second kappa shape index (κ2) is 12.8. The number of hydrogen-bond donors (Lipinski definition) is 0. The molecule has 1 aliphatic rings. The van der Waals surface area contributed by atoms with E-state index in [0.29, 0.717) is 0 Å². The number of aryl methyl sites for hydroxylation is 1. The van der Waals surface area contributed by atoms with Crippen molar-refractivity contribution in [2.45, 2.75) is 20.3 Å². The van der Waals surface area contributed by atoms with Gasteiger partial charge in [-0.25, -0.2) is 0 Å². The summed E-state index contributed by atoms with van der Waals surface area (Å²) in [4.78, 5) is 0. The summed E-state index contributed by atoms with van der Waals surface area (Å²) in [6, 6.07) is 37.3. The third kappa shape index (κ3) is 5.37. The normalized spacial score (nSPS) is 15.9. The minimum absolute atomic E-state index is 0.746. The van der Waals surface area contributed by atoms with Crippen molar-refractivity contribution in [2.24, 2.45) is 0 Å². The van der Waals surface area contributed by atoms with Crippen LogP contribution in [-0.4, -0.2) is 4.57 Å². The highest BCUT2D eigenvalue weighted by Gasteiger charge is 2.22. The van der Waals surface area contributed by atoms with Crippen molar-refractivity contribution < 1.29 is 4.42 Å². The van der Waals surface area contributed by atoms with Crippen molar-refractivity contribution in [3.63, 3.8) is 0 Å². The predicted octanol–water partition coefficient (Wildman–Crippen LogP) is 13.9. The number of benzene rings is 5. The number of rotatable bonds is 6. The average molecular weight is 658 g/mol. The summed E-state index contributed by atoms with van der Waals surface area (Å²) in [5.41, 5.74) is 15.9. The Balaban J connectivity index is 1.49. The molecule has 0 unspecified atom stereocenters. The van der Waals surface area contributed by atoms with Crippen LogP contribution in [0.25, 0.3) is 77.4 Å². The molecular formula is C49H39NO. The molecule has 0 N–H and O–H groups in total. The lowest BCUT2D eigenvalue weighted by Gasteiger charge is -2.21. The molecule has 246 valence electrons. The van der Waals surface area contributed by atoms with E-state index in [1.807, 2.05) is 19.1 Å². The Labute approximate surface area is 299 Å². The number of aromatic nitrogens is 1. The number of nitrogens with zero attached hydrogens (tertiary/aromatic N) is 1. The average Bonchev–Trinajstić information content (AvgIpc) is 3.67. The van der Waals surface area contributed by atoms with Crippen molar-refractivity contribution in [1.29, 1.82) is 0 Å². The fraction of sp³-hybridized carbons (Fsp3) is 0.0612. The van der Waals surface area contributed by atoms with Crippen molar-refractivity contribution in [1.82, 2.24) is 4.57 Å². The molecule has 2 heterocycles. The highest BCUT2D eigenvalue weighted by Crippen LogP contribution is 2.43. The lowest BCUT2D eigenvalue weighted by molar-refractivity contribution is 0.596. The summed E-state index contributed by atoms with van der Waals surface area (Å²) >= 11 is 0. The largest absolute Gasteiger partial charge is 0.456 e. The van der Waals surface area contributed by atoms with E-state index in [1.165, 1.54) is 21.9 Å². The fourth-order valence-electron chi connectivity index (χ4n) is 7.59. The molecule has 2 heteroatoms. The topological polar surface area (TPSA) is 18.1 Å². The Kier molecular flexibility index (Phi) is 8.01. The molecule has 0 amide bonds. The molecule has 0 saturated carbocycles. The van der Waals surface area contributed by atoms with Gasteiger partial charge in [-0.1, -0.05) is 130 Å². The maximum Gasteiger partial charge on any atom is 0.135 e. The van der Waals surface area contributed by atoms with Crippen molar-refractivity contribution in [3.8, 4) is 27.9 Å². The van der Waals surface area contributed by atoms with E-state index in [-0.39, 0.29) is 0 Å². The summed E-state index contributed by atoms with van der Waals surface area (Å²) in [6.45, 7) is 21.3. The van der Waals surface area contributed by atoms with E-state index in [9.17, 15) is 0 Å². The molecule has 0 fully saturated rings. The van der Waals surface area contributed by atoms with Crippen LogP contribution < -0.4 is 0 Å². The van der Waals surface area contributed by atoms with E-state index in [0.717, 1.165) is 90.0 Å². The maximum atomic E-state index is 6.45. The van der Waals surface area contributed by atoms with Gasteiger partial charge in [0.05, 0.1) is 16.7 Å². The fourth-order valence-corrected chi connectivity index (χ4v) is 7.59. The Morgan fingerprint density at radius 3 is 2.25 bits per heavy atom. The van der Waals surface area contributed by atoms with E-state index in [1.54, 1.807) is 0 Å². The standard InChI is InChI=1S/C49H39NO/c1-7-34-18-12-9-11-17-32(5)41-30-47(42(29-43(41)38(34)8-2)37-23-25-39-33(6)49(31(3)4)51-48(39)28-37)50-45-22-16-15-21-40(45)44-27-36(24-26-46(44)50)35-19-13-10-14-20-35/h7-17,19-30H,1-3,5,18H2,4,6H3/b12-9-,17-11-,38-34-. The quantitative estimate of drug-likeness (QED) is 0.174. The monoisotopic (exact) mass is 657 g/mol.